The molecule has 1 aliphatic heterocycles. The quantitative estimate of drug-likeness (QED) is 0.0448. The van der Waals surface area contributed by atoms with E-state index in [4.69, 9.17) is 33.0 Å². The van der Waals surface area contributed by atoms with Gasteiger partial charge in [-0.15, -0.1) is 24.9 Å². The van der Waals surface area contributed by atoms with E-state index in [9.17, 15) is 18.1 Å². The molecule has 1 fully saturated rings. The Bertz CT molecular complexity index is 1890. The summed E-state index contributed by atoms with van der Waals surface area (Å²) in [6.07, 6.45) is 10.1. The molecule has 55 heavy (non-hydrogen) atoms. The smallest absolute Gasteiger partial charge is 0.451 e. The number of carbonyl (C=O) groups is 1. The van der Waals surface area contributed by atoms with Crippen LogP contribution in [-0.2, 0) is 49.3 Å². The van der Waals surface area contributed by atoms with Crippen molar-refractivity contribution in [2.24, 2.45) is 0 Å². The van der Waals surface area contributed by atoms with Crippen molar-refractivity contribution in [1.29, 1.82) is 5.26 Å². The lowest BCUT2D eigenvalue weighted by molar-refractivity contribution is -0.164. The van der Waals surface area contributed by atoms with Gasteiger partial charge in [-0.1, -0.05) is 36.4 Å². The first-order valence-corrected chi connectivity index (χ1v) is 19.5. The molecule has 3 atom stereocenters. The number of rotatable bonds is 21. The standard InChI is InChI=1S/C38H42F3N4O8PS/c1-5-17-50-54(47,51-18-6-2)53-27(3)11-16-36(46)52-38(24-45-26-43-25-44-45,33-15-14-31(39)20-35(33)41)28(4)55-32-22-48-37(49-23-32)10-8-7-9-30-13-12-29(21-42)19-34(30)40/h5-10,12-15,19-20,25-28,32,37H,1-2,11,16-18,22-24H2,3-4H3/t27?,28-,32?,37?,38-/m1/s1. The summed E-state index contributed by atoms with van der Waals surface area (Å²) in [5.41, 5.74) is -1.32. The van der Waals surface area contributed by atoms with Crippen LogP contribution in [0.15, 0.2) is 92.6 Å². The molecule has 12 nitrogen and oxygen atoms in total. The molecule has 0 saturated carbocycles. The number of nitrogens with zero attached hydrogens (tertiary/aromatic N) is 4. The fraction of sp³-hybridized carbons (Fsp3) is 0.368. The van der Waals surface area contributed by atoms with E-state index in [0.29, 0.717) is 11.6 Å². The minimum atomic E-state index is -4.03. The Labute approximate surface area is 322 Å². The zero-order valence-corrected chi connectivity index (χ0v) is 32.0. The fourth-order valence-corrected chi connectivity index (χ4v) is 8.04. The van der Waals surface area contributed by atoms with Gasteiger partial charge in [-0.25, -0.2) is 27.4 Å². The molecular weight excluding hydrogens is 760 g/mol. The average Bonchev–Trinajstić information content (AvgIpc) is 3.68. The number of phosphoric acid groups is 1. The molecule has 17 heteroatoms. The largest absolute Gasteiger partial charge is 0.475 e. The van der Waals surface area contributed by atoms with Gasteiger partial charge in [0, 0.05) is 28.9 Å². The Hall–Kier alpha value is -4.33. The highest BCUT2D eigenvalue weighted by Crippen LogP contribution is 2.51. The third-order valence-electron chi connectivity index (χ3n) is 8.04. The van der Waals surface area contributed by atoms with E-state index in [0.717, 1.165) is 12.1 Å². The summed E-state index contributed by atoms with van der Waals surface area (Å²) < 4.78 is 92.6. The number of phosphoric ester groups is 1. The number of ether oxygens (including phenoxy) is 3. The first-order valence-electron chi connectivity index (χ1n) is 17.1. The van der Waals surface area contributed by atoms with E-state index in [1.165, 1.54) is 59.4 Å². The first-order chi connectivity index (χ1) is 26.4. The monoisotopic (exact) mass is 802 g/mol. The van der Waals surface area contributed by atoms with E-state index < -0.39 is 54.5 Å². The van der Waals surface area contributed by atoms with Crippen LogP contribution in [0.3, 0.4) is 0 Å². The fourth-order valence-electron chi connectivity index (χ4n) is 5.36. The lowest BCUT2D eigenvalue weighted by atomic mass is 9.89. The number of halogens is 3. The van der Waals surface area contributed by atoms with Crippen molar-refractivity contribution in [2.75, 3.05) is 26.4 Å². The van der Waals surface area contributed by atoms with Crippen molar-refractivity contribution in [3.63, 3.8) is 0 Å². The molecule has 2 heterocycles. The van der Waals surface area contributed by atoms with Crippen LogP contribution in [0.2, 0.25) is 0 Å². The minimum absolute atomic E-state index is 0.0152. The highest BCUT2D eigenvalue weighted by molar-refractivity contribution is 8.00. The summed E-state index contributed by atoms with van der Waals surface area (Å²) in [4.78, 5) is 17.7. The number of nitriles is 1. The third-order valence-corrected chi connectivity index (χ3v) is 11.0. The van der Waals surface area contributed by atoms with Crippen molar-refractivity contribution in [3.05, 3.63) is 127 Å². The van der Waals surface area contributed by atoms with Gasteiger partial charge in [0.25, 0.3) is 0 Å². The lowest BCUT2D eigenvalue weighted by Gasteiger charge is -2.40. The summed E-state index contributed by atoms with van der Waals surface area (Å²) in [5, 5.41) is 12.1. The van der Waals surface area contributed by atoms with Crippen LogP contribution >= 0.6 is 19.6 Å². The van der Waals surface area contributed by atoms with Crippen molar-refractivity contribution in [3.8, 4) is 6.07 Å². The topological polar surface area (TPSA) is 144 Å². The Kier molecular flexibility index (Phi) is 16.7. The van der Waals surface area contributed by atoms with Gasteiger partial charge < -0.3 is 14.2 Å². The molecule has 0 N–H and O–H groups in total. The molecule has 1 aromatic heterocycles. The van der Waals surface area contributed by atoms with Crippen LogP contribution in [0.4, 0.5) is 13.2 Å². The molecule has 4 rings (SSSR count). The second kappa shape index (κ2) is 21.1. The van der Waals surface area contributed by atoms with Crippen LogP contribution in [0, 0.1) is 28.8 Å². The SMILES string of the molecule is C=CCOP(=O)(OCC=C)OC(C)CCC(=O)O[C@@](Cn1cncn1)(c1ccc(F)cc1F)[C@@H](C)SC1COC(C=CC=Cc2ccc(C#N)cc2F)OC1. The van der Waals surface area contributed by atoms with Crippen LogP contribution in [-0.4, -0.2) is 70.1 Å². The number of aromatic nitrogens is 3. The molecule has 0 radical (unpaired) electrons. The average molecular weight is 803 g/mol. The van der Waals surface area contributed by atoms with Crippen molar-refractivity contribution < 1.29 is 50.3 Å². The number of benzene rings is 2. The minimum Gasteiger partial charge on any atom is -0.451 e. The molecule has 294 valence electrons. The van der Waals surface area contributed by atoms with Gasteiger partial charge in [-0.05, 0) is 50.6 Å². The van der Waals surface area contributed by atoms with E-state index in [2.05, 4.69) is 23.2 Å². The second-order valence-electron chi connectivity index (χ2n) is 12.2. The molecule has 0 spiro atoms. The normalized spacial score (nSPS) is 18.4. The molecule has 1 saturated heterocycles. The van der Waals surface area contributed by atoms with E-state index in [1.54, 1.807) is 38.2 Å². The summed E-state index contributed by atoms with van der Waals surface area (Å²) in [5.74, 6) is -3.03. The van der Waals surface area contributed by atoms with Gasteiger partial charge in [0.15, 0.2) is 11.9 Å². The Balaban J connectivity index is 1.48. The van der Waals surface area contributed by atoms with Crippen molar-refractivity contribution in [1.82, 2.24) is 14.8 Å². The number of hydrogen-bond donors (Lipinski definition) is 0. The lowest BCUT2D eigenvalue weighted by Crippen LogP contribution is -2.47. The first kappa shape index (κ1) is 43.4. The predicted octanol–water partition coefficient (Wildman–Crippen LogP) is 7.84. The number of esters is 1. The maximum absolute atomic E-state index is 15.8. The van der Waals surface area contributed by atoms with Crippen LogP contribution in [0.1, 0.15) is 43.4 Å². The van der Waals surface area contributed by atoms with Crippen LogP contribution < -0.4 is 0 Å². The second-order valence-corrected chi connectivity index (χ2v) is 15.4. The van der Waals surface area contributed by atoms with Gasteiger partial charge in [0.1, 0.15) is 30.1 Å². The highest BCUT2D eigenvalue weighted by Gasteiger charge is 2.46. The van der Waals surface area contributed by atoms with E-state index in [-0.39, 0.29) is 62.2 Å². The van der Waals surface area contributed by atoms with E-state index >= 15 is 4.39 Å². The van der Waals surface area contributed by atoms with Gasteiger partial charge in [0.05, 0.1) is 56.0 Å². The third kappa shape index (κ3) is 12.9. The number of allylic oxidation sites excluding steroid dienone is 2. The summed E-state index contributed by atoms with van der Waals surface area (Å²) in [6.45, 7) is 10.4. The Morgan fingerprint density at radius 3 is 2.45 bits per heavy atom. The molecule has 1 unspecified atom stereocenters. The van der Waals surface area contributed by atoms with Gasteiger partial charge in [-0.3, -0.25) is 18.4 Å². The molecule has 1 aliphatic rings. The summed E-state index contributed by atoms with van der Waals surface area (Å²) in [7, 11) is -4.03. The molecule has 3 aromatic rings. The highest BCUT2D eigenvalue weighted by atomic mass is 32.2. The van der Waals surface area contributed by atoms with Crippen LogP contribution in [0.5, 0.6) is 0 Å². The zero-order chi connectivity index (χ0) is 39.8. The maximum Gasteiger partial charge on any atom is 0.475 e. The van der Waals surface area contributed by atoms with Crippen molar-refractivity contribution >= 4 is 31.6 Å². The van der Waals surface area contributed by atoms with Gasteiger partial charge >= 0.3 is 13.8 Å². The van der Waals surface area contributed by atoms with E-state index in [1.807, 2.05) is 6.07 Å². The maximum atomic E-state index is 15.8. The molecular formula is C38H42F3N4O8PS. The Morgan fingerprint density at radius 1 is 1.11 bits per heavy atom. The molecule has 0 bridgehead atoms. The van der Waals surface area contributed by atoms with Crippen molar-refractivity contribution in [2.45, 2.75) is 61.7 Å². The predicted molar refractivity (Wildman–Crippen MR) is 200 cm³/mol. The van der Waals surface area contributed by atoms with Crippen LogP contribution in [0.25, 0.3) is 6.08 Å². The molecule has 0 aliphatic carbocycles. The summed E-state index contributed by atoms with van der Waals surface area (Å²) >= 11 is 1.32. The Morgan fingerprint density at radius 2 is 1.84 bits per heavy atom. The molecule has 0 amide bonds. The van der Waals surface area contributed by atoms with Gasteiger partial charge in [-0.2, -0.15) is 10.4 Å². The number of carbonyl (C=O) groups excluding carboxylic acids is 1. The number of hydrogen-bond acceptors (Lipinski definition) is 12. The van der Waals surface area contributed by atoms with Gasteiger partial charge in [0.2, 0.25) is 0 Å². The zero-order valence-electron chi connectivity index (χ0n) is 30.3. The summed E-state index contributed by atoms with van der Waals surface area (Å²) in [6, 6.07) is 9.09. The number of thioether (sulfide) groups is 1. The molecule has 2 aromatic carbocycles.